The topological polar surface area (TPSA) is 220 Å². The standard InChI is InChI=1S/C52H62O14.C2H6/c1-30(17-13-19-32(3)21-23-38-34(5)25-42(45(56)36(38)7)65-50(61)47(58)41(63-29-53)26-35(6)54)15-11-12-16-31(2)18-14-20-33(4)22-24-39-37(8)46(57)44(28-52(39,9)10)66-51(62)48(59)43-27-40(55)49(60)64-43;1-2/h11-24,26-27,29,34,41-44,47-48,54-55,58-59H,25,28H2,1-10H3;1-2H3/b12-11+,17-13+,18-14+,23-21+,24-22+,30-15+,31-16+,32-19+,33-20+,35-26+;. The van der Waals surface area contributed by atoms with Crippen molar-refractivity contribution in [1.29, 1.82) is 0 Å². The van der Waals surface area contributed by atoms with Crippen LogP contribution in [-0.2, 0) is 47.7 Å². The monoisotopic (exact) mass is 940 g/mol. The Hall–Kier alpha value is -6.64. The summed E-state index contributed by atoms with van der Waals surface area (Å²) in [6, 6.07) is 0. The van der Waals surface area contributed by atoms with E-state index in [9.17, 15) is 49.2 Å². The average molecular weight is 941 g/mol. The number of Topliss-reactive ketones (excluding diaryl/α,β-unsaturated/α-hetero) is 2. The molecule has 3 rings (SSSR count). The third-order valence-electron chi connectivity index (χ3n) is 11.0. The molecule has 4 N–H and O–H groups in total. The zero-order valence-corrected chi connectivity index (χ0v) is 41.1. The number of cyclic esters (lactones) is 1. The van der Waals surface area contributed by atoms with Gasteiger partial charge in [-0.3, -0.25) is 14.4 Å². The molecule has 0 bridgehead atoms. The van der Waals surface area contributed by atoms with Crippen LogP contribution in [0.2, 0.25) is 0 Å². The summed E-state index contributed by atoms with van der Waals surface area (Å²) < 4.78 is 20.1. The number of hydrogen-bond donors (Lipinski definition) is 4. The highest BCUT2D eigenvalue weighted by molar-refractivity contribution is 6.02. The first kappa shape index (κ1) is 57.5. The van der Waals surface area contributed by atoms with Crippen LogP contribution in [0.1, 0.15) is 95.9 Å². The first-order valence-corrected chi connectivity index (χ1v) is 22.4. The van der Waals surface area contributed by atoms with E-state index in [1.807, 2.05) is 147 Å². The highest BCUT2D eigenvalue weighted by atomic mass is 16.6. The Bertz CT molecular complexity index is 2310. The second-order valence-electron chi connectivity index (χ2n) is 17.2. The number of carbonyl (C=O) groups excluding carboxylic acids is 6. The molecule has 1 aliphatic heterocycles. The molecular formula is C54H68O14. The second kappa shape index (κ2) is 27.2. The van der Waals surface area contributed by atoms with Crippen molar-refractivity contribution in [3.8, 4) is 0 Å². The lowest BCUT2D eigenvalue weighted by molar-refractivity contribution is -0.171. The van der Waals surface area contributed by atoms with Crippen LogP contribution in [0.25, 0.3) is 0 Å². The highest BCUT2D eigenvalue weighted by Gasteiger charge is 2.43. The fourth-order valence-electron chi connectivity index (χ4n) is 7.26. The van der Waals surface area contributed by atoms with Crippen LogP contribution < -0.4 is 0 Å². The summed E-state index contributed by atoms with van der Waals surface area (Å²) in [5.74, 6) is -5.25. The molecule has 2 aliphatic carbocycles. The van der Waals surface area contributed by atoms with Crippen molar-refractivity contribution in [3.05, 3.63) is 153 Å². The Morgan fingerprint density at radius 3 is 1.78 bits per heavy atom. The number of ether oxygens (including phenoxy) is 4. The Kier molecular flexibility index (Phi) is 23.0. The van der Waals surface area contributed by atoms with Gasteiger partial charge in [-0.1, -0.05) is 142 Å². The summed E-state index contributed by atoms with van der Waals surface area (Å²) in [6.07, 6.45) is 20.4. The number of esters is 3. The van der Waals surface area contributed by atoms with E-state index in [1.54, 1.807) is 13.8 Å². The number of aliphatic hydroxyl groups is 4. The number of carbonyl (C=O) groups is 6. The third-order valence-corrected chi connectivity index (χ3v) is 11.0. The predicted octanol–water partition coefficient (Wildman–Crippen LogP) is 8.74. The zero-order valence-electron chi connectivity index (χ0n) is 41.1. The van der Waals surface area contributed by atoms with Gasteiger partial charge >= 0.3 is 17.9 Å². The van der Waals surface area contributed by atoms with Crippen molar-refractivity contribution in [2.24, 2.45) is 11.3 Å². The van der Waals surface area contributed by atoms with Gasteiger partial charge in [-0.05, 0) is 94.6 Å². The van der Waals surface area contributed by atoms with Crippen molar-refractivity contribution in [2.45, 2.75) is 133 Å². The largest absolute Gasteiger partial charge is 0.513 e. The lowest BCUT2D eigenvalue weighted by Gasteiger charge is -2.36. The maximum Gasteiger partial charge on any atom is 0.373 e. The second-order valence-corrected chi connectivity index (χ2v) is 17.2. The predicted molar refractivity (Wildman–Crippen MR) is 259 cm³/mol. The summed E-state index contributed by atoms with van der Waals surface area (Å²) in [4.78, 5) is 73.7. The van der Waals surface area contributed by atoms with Crippen LogP contribution in [0.4, 0.5) is 0 Å². The van der Waals surface area contributed by atoms with Crippen LogP contribution >= 0.6 is 0 Å². The fraction of sp³-hybridized carbons (Fsp3) is 0.407. The molecule has 0 spiro atoms. The molecular weight excluding hydrogens is 873 g/mol. The minimum absolute atomic E-state index is 0.0351. The molecule has 7 atom stereocenters. The molecule has 3 aliphatic rings. The van der Waals surface area contributed by atoms with Crippen LogP contribution in [0.3, 0.4) is 0 Å². The fourth-order valence-corrected chi connectivity index (χ4v) is 7.26. The molecule has 68 heavy (non-hydrogen) atoms. The molecule has 0 aromatic rings. The average Bonchev–Trinajstić information content (AvgIpc) is 3.62. The van der Waals surface area contributed by atoms with Gasteiger partial charge in [-0.2, -0.15) is 0 Å². The summed E-state index contributed by atoms with van der Waals surface area (Å²) in [5.41, 5.74) is 5.82. The Labute approximate surface area is 400 Å². The number of ketones is 2. The first-order chi connectivity index (χ1) is 32.0. The third kappa shape index (κ3) is 17.2. The number of aliphatic hydroxyl groups excluding tert-OH is 4. The van der Waals surface area contributed by atoms with Crippen molar-refractivity contribution in [2.75, 3.05) is 0 Å². The molecule has 0 fully saturated rings. The number of hydrogen-bond acceptors (Lipinski definition) is 14. The van der Waals surface area contributed by atoms with Crippen LogP contribution in [0.15, 0.2) is 153 Å². The van der Waals surface area contributed by atoms with E-state index in [-0.39, 0.29) is 31.0 Å². The van der Waals surface area contributed by atoms with Gasteiger partial charge in [0.05, 0.1) is 5.76 Å². The van der Waals surface area contributed by atoms with Crippen molar-refractivity contribution < 1.29 is 68.1 Å². The number of rotatable bonds is 19. The molecule has 0 saturated heterocycles. The minimum atomic E-state index is -1.93. The van der Waals surface area contributed by atoms with Gasteiger partial charge in [0.1, 0.15) is 0 Å². The number of allylic oxidation sites excluding steroid dienone is 21. The van der Waals surface area contributed by atoms with Crippen molar-refractivity contribution in [3.63, 3.8) is 0 Å². The van der Waals surface area contributed by atoms with Gasteiger partial charge in [0.25, 0.3) is 6.47 Å². The van der Waals surface area contributed by atoms with Gasteiger partial charge in [0, 0.05) is 12.5 Å². The van der Waals surface area contributed by atoms with E-state index < -0.39 is 77.3 Å². The van der Waals surface area contributed by atoms with E-state index in [0.29, 0.717) is 11.1 Å². The summed E-state index contributed by atoms with van der Waals surface area (Å²) in [7, 11) is 0. The van der Waals surface area contributed by atoms with Crippen molar-refractivity contribution in [1.82, 2.24) is 0 Å². The van der Waals surface area contributed by atoms with E-state index >= 15 is 0 Å². The van der Waals surface area contributed by atoms with E-state index in [1.165, 1.54) is 6.92 Å². The molecule has 0 amide bonds. The van der Waals surface area contributed by atoms with E-state index in [0.717, 1.165) is 45.6 Å². The molecule has 368 valence electrons. The Morgan fingerprint density at radius 2 is 1.26 bits per heavy atom. The van der Waals surface area contributed by atoms with Crippen LogP contribution in [0, 0.1) is 11.3 Å². The first-order valence-electron chi connectivity index (χ1n) is 22.4. The molecule has 7 unspecified atom stereocenters. The maximum atomic E-state index is 13.2. The maximum absolute atomic E-state index is 13.2. The normalized spacial score (nSPS) is 23.6. The smallest absolute Gasteiger partial charge is 0.373 e. The SMILES string of the molecule is CC.CC1=C(/C=C/C(C)=C/C=C/C(C)=C/C=C/C=C(C)/C=C/C=C(C)/C=C/C2=C(C)C(=O)C(OC(=O)C(O)C3C=C(O)C(=O)O3)CC2(C)C)C(C)CC(OC(=O)C(O)C(/C=C(\C)O)OC=O)C1=O. The lowest BCUT2D eigenvalue weighted by Crippen LogP contribution is -2.43. The minimum Gasteiger partial charge on any atom is -0.513 e. The molecule has 14 heteroatoms. The summed E-state index contributed by atoms with van der Waals surface area (Å²) >= 11 is 0. The van der Waals surface area contributed by atoms with Gasteiger partial charge in [-0.15, -0.1) is 0 Å². The molecule has 0 aromatic heterocycles. The molecule has 0 saturated carbocycles. The van der Waals surface area contributed by atoms with Gasteiger partial charge < -0.3 is 39.4 Å². The Morgan fingerprint density at radius 1 is 0.765 bits per heavy atom. The van der Waals surface area contributed by atoms with Gasteiger partial charge in [0.15, 0.2) is 48.2 Å². The summed E-state index contributed by atoms with van der Waals surface area (Å²) in [6.45, 7) is 22.2. The molecule has 14 nitrogen and oxygen atoms in total. The molecule has 0 radical (unpaired) electrons. The molecule has 0 aromatic carbocycles. The zero-order chi connectivity index (χ0) is 51.5. The van der Waals surface area contributed by atoms with Crippen LogP contribution in [0.5, 0.6) is 0 Å². The van der Waals surface area contributed by atoms with E-state index in [4.69, 9.17) is 14.2 Å². The molecule has 1 heterocycles. The van der Waals surface area contributed by atoms with E-state index in [2.05, 4.69) is 4.74 Å². The van der Waals surface area contributed by atoms with Crippen molar-refractivity contribution >= 4 is 35.9 Å². The van der Waals surface area contributed by atoms with Gasteiger partial charge in [-0.25, -0.2) is 14.4 Å². The quantitative estimate of drug-likeness (QED) is 0.0313. The Balaban J connectivity index is 0.00000782. The van der Waals surface area contributed by atoms with Gasteiger partial charge in [0.2, 0.25) is 5.76 Å². The van der Waals surface area contributed by atoms with Crippen LogP contribution in [-0.4, -0.2) is 93.0 Å². The summed E-state index contributed by atoms with van der Waals surface area (Å²) in [5, 5.41) is 39.5. The highest BCUT2D eigenvalue weighted by Crippen LogP contribution is 2.41. The lowest BCUT2D eigenvalue weighted by atomic mass is 9.71.